The molecule has 632 valence electrons. The van der Waals surface area contributed by atoms with Crippen molar-refractivity contribution in [1.82, 2.24) is 0 Å². The second-order valence-electron chi connectivity index (χ2n) is 42.4. The molecule has 0 unspecified atom stereocenters. The molecule has 0 aromatic rings. The van der Waals surface area contributed by atoms with Gasteiger partial charge in [-0.25, -0.2) is 9.69 Å². The predicted octanol–water partition coefficient (Wildman–Crippen LogP) is 17.0. The number of aliphatic carboxylic acids is 1. The number of fused-ring (bicyclic) bond motifs is 15. The molecule has 0 radical (unpaired) electrons. The summed E-state index contributed by atoms with van der Waals surface area (Å²) in [5.41, 5.74) is 23.4. The van der Waals surface area contributed by atoms with Gasteiger partial charge in [-0.2, -0.15) is 0 Å². The molecule has 0 aromatic carbocycles. The van der Waals surface area contributed by atoms with E-state index < -0.39 is 72.2 Å². The largest absolute Gasteiger partial charge is 0.481 e. The third-order valence-corrected chi connectivity index (χ3v) is 35.8. The first kappa shape index (κ1) is 86.9. The molecule has 17 rings (SSSR count). The number of nitrogens with two attached hydrogens (primary N) is 4. The molecule has 116 heavy (non-hydrogen) atoms. The lowest BCUT2D eigenvalue weighted by molar-refractivity contribution is -0.285. The van der Waals surface area contributed by atoms with Crippen molar-refractivity contribution in [2.45, 2.75) is 308 Å². The van der Waals surface area contributed by atoms with Crippen molar-refractivity contribution in [3.05, 3.63) is 105 Å². The van der Waals surface area contributed by atoms with Gasteiger partial charge in [0.15, 0.2) is 28.9 Å². The monoisotopic (exact) mass is 1590 g/mol. The van der Waals surface area contributed by atoms with Crippen LogP contribution in [0.25, 0.3) is 9.69 Å². The van der Waals surface area contributed by atoms with Crippen LogP contribution < -0.4 is 22.9 Å². The minimum Gasteiger partial charge on any atom is -0.481 e. The molecule has 4 amide bonds. The molecular weight excluding hydrogens is 1460 g/mol. The number of allylic oxidation sites excluding steroid dienone is 9. The summed E-state index contributed by atoms with van der Waals surface area (Å²) in [6, 6.07) is 0. The van der Waals surface area contributed by atoms with E-state index in [0.29, 0.717) is 94.1 Å². The van der Waals surface area contributed by atoms with Crippen molar-refractivity contribution in [2.75, 3.05) is 26.4 Å². The Bertz CT molecular complexity index is 4350. The number of carbonyl (C=O) groups is 9. The van der Waals surface area contributed by atoms with Crippen LogP contribution in [0.1, 0.15) is 296 Å². The van der Waals surface area contributed by atoms with Gasteiger partial charge in [0.05, 0.1) is 66.6 Å². The maximum Gasteiger partial charge on any atom is 0.313 e. The number of rotatable bonds is 5. The van der Waals surface area contributed by atoms with Crippen molar-refractivity contribution in [3.63, 3.8) is 0 Å². The van der Waals surface area contributed by atoms with E-state index in [2.05, 4.69) is 103 Å². The maximum absolute atomic E-state index is 12.7. The van der Waals surface area contributed by atoms with Crippen molar-refractivity contribution >= 4 is 52.7 Å². The normalized spacial score (nSPS) is 40.7. The number of carboxylic acids is 1. The Kier molecular flexibility index (Phi) is 22.0. The molecule has 2 spiro atoms. The van der Waals surface area contributed by atoms with Crippen LogP contribution in [0.3, 0.4) is 0 Å². The SMILES string of the molecule is CC1(C)C(=O)CC[C@]2(C)C3=CCCC[C@]3(C(N)=O)CC[C@@H]12.CC1(C)[C@@H]2CC[C@@]3(C(=O)O)CCCC=C3[C@@]2(C)CCC12OCCO2.CC1(C)[C@@H]2CC[C@@]3(C(N)=O)CCCC=C3[C@@]2(C)CCC12OCCO2.[C-]#[N+]C1=C[C@]2(C)C3=CC(=O)CC[C@]3(C(N)=O)CC[C@H]2C(C)(C)C1=O.[C-]#[N+]C1=C[C@]2(C)C3=CCCC[C@]3(C(N)=O)CC[C@H]2C(C)(C)C1=O. The highest BCUT2D eigenvalue weighted by molar-refractivity contribution is 6.04. The van der Waals surface area contributed by atoms with Gasteiger partial charge in [-0.3, -0.25) is 33.6 Å². The standard InChI is InChI=1S/C20H31NO3.C20H30O4.C19H22N2O3.C19H24N2O2.C18H27NO2/c2*1-17(2)14-7-9-19(16(21)22)8-5-4-6-15(19)18(14,3)10-11-20(17)23-12-13-24-20;1-17(2)13-6-8-19(16(20)24)7-5-11(22)9-14(19)18(13,3)10-12(21-4)15(17)23;1-17(2)13-8-10-19(16(20)23)9-6-5-7-14(19)18(13,3)11-12(21-4)15(17)22;1-16(2)12-7-11-18(15(19)21)9-5-4-6-13(18)17(12,3)10-8-14(16)20/h6,14H,4-5,7-13H2,1-3H3,(H2,21,22);6,14H,4-5,7-13H2,1-3H3,(H,21,22);9-10,13H,5-8H2,1-3H3,(H2,20,24);7,11,13H,5-6,8-10H2,1-3H3,(H2,20,23);6,12H,4-5,7-11H2,1-3H3,(H2,19,21)/t2*14-,18-,19-;2*13-,18-,19-;12-,17-,18-/m00000/s1. The average Bonchev–Trinajstić information content (AvgIpc) is 0.954. The van der Waals surface area contributed by atoms with Gasteiger partial charge in [0.2, 0.25) is 35.0 Å². The van der Waals surface area contributed by atoms with Gasteiger partial charge < -0.3 is 56.6 Å². The van der Waals surface area contributed by atoms with Gasteiger partial charge in [0, 0.05) is 63.6 Å². The molecule has 0 bridgehead atoms. The van der Waals surface area contributed by atoms with Crippen molar-refractivity contribution in [1.29, 1.82) is 0 Å². The topological polar surface area (TPSA) is 324 Å². The van der Waals surface area contributed by atoms with Crippen LogP contribution >= 0.6 is 0 Å². The van der Waals surface area contributed by atoms with Crippen LogP contribution in [0.4, 0.5) is 0 Å². The fourth-order valence-electron chi connectivity index (χ4n) is 29.8. The molecule has 10 fully saturated rings. The summed E-state index contributed by atoms with van der Waals surface area (Å²) >= 11 is 0. The highest BCUT2D eigenvalue weighted by atomic mass is 16.7. The van der Waals surface area contributed by atoms with E-state index in [1.54, 1.807) is 12.2 Å². The van der Waals surface area contributed by atoms with Crippen LogP contribution in [0.15, 0.2) is 81.8 Å². The zero-order chi connectivity index (χ0) is 84.9. The molecule has 9 N–H and O–H groups in total. The molecule has 17 aliphatic rings. The van der Waals surface area contributed by atoms with E-state index in [4.69, 9.17) is 55.0 Å². The van der Waals surface area contributed by atoms with Gasteiger partial charge >= 0.3 is 5.97 Å². The van der Waals surface area contributed by atoms with E-state index in [9.17, 15) is 48.3 Å². The summed E-state index contributed by atoms with van der Waals surface area (Å²) in [6.07, 6.45) is 39.8. The Labute approximate surface area is 689 Å². The minimum atomic E-state index is -0.834. The van der Waals surface area contributed by atoms with Crippen molar-refractivity contribution < 1.29 is 67.2 Å². The molecule has 15 atom stereocenters. The van der Waals surface area contributed by atoms with E-state index in [1.807, 2.05) is 40.7 Å². The second-order valence-corrected chi connectivity index (χ2v) is 42.4. The lowest BCUT2D eigenvalue weighted by Gasteiger charge is -2.64. The Hall–Kier alpha value is -6.97. The number of primary amides is 4. The zero-order valence-electron chi connectivity index (χ0n) is 72.4. The molecule has 20 nitrogen and oxygen atoms in total. The highest BCUT2D eigenvalue weighted by Gasteiger charge is 2.71. The molecule has 2 aliphatic heterocycles. The van der Waals surface area contributed by atoms with Gasteiger partial charge in [-0.15, -0.1) is 0 Å². The number of carbonyl (C=O) groups excluding carboxylic acids is 8. The fourth-order valence-corrected chi connectivity index (χ4v) is 29.8. The number of ether oxygens (including phenoxy) is 4. The first-order valence-electron chi connectivity index (χ1n) is 44.0. The third-order valence-electron chi connectivity index (χ3n) is 35.8. The first-order chi connectivity index (χ1) is 54.1. The second kappa shape index (κ2) is 29.4. The minimum absolute atomic E-state index is 0.0174. The van der Waals surface area contributed by atoms with Crippen molar-refractivity contribution in [2.24, 2.45) is 134 Å². The van der Waals surface area contributed by atoms with Crippen molar-refractivity contribution in [3.8, 4) is 0 Å². The molecule has 20 heteroatoms. The Morgan fingerprint density at radius 3 is 1.08 bits per heavy atom. The first-order valence-corrected chi connectivity index (χ1v) is 44.0. The summed E-state index contributed by atoms with van der Waals surface area (Å²) in [4.78, 5) is 118. The Morgan fingerprint density at radius 1 is 0.379 bits per heavy atom. The third kappa shape index (κ3) is 12.4. The molecule has 2 heterocycles. The average molecular weight is 1600 g/mol. The van der Waals surface area contributed by atoms with Gasteiger partial charge in [-0.1, -0.05) is 157 Å². The van der Waals surface area contributed by atoms with E-state index in [1.165, 1.54) is 16.7 Å². The molecular formula is C96H134N6O14. The van der Waals surface area contributed by atoms with E-state index >= 15 is 0 Å². The number of ketones is 4. The van der Waals surface area contributed by atoms with Gasteiger partial charge in [0.1, 0.15) is 5.78 Å². The van der Waals surface area contributed by atoms with Crippen LogP contribution in [-0.4, -0.2) is 95.8 Å². The number of nitrogens with zero attached hydrogens (tertiary/aromatic N) is 2. The summed E-state index contributed by atoms with van der Waals surface area (Å²) < 4.78 is 24.6. The Morgan fingerprint density at radius 2 is 0.698 bits per heavy atom. The van der Waals surface area contributed by atoms with E-state index in [-0.39, 0.29) is 90.8 Å². The smallest absolute Gasteiger partial charge is 0.313 e. The zero-order valence-corrected chi connectivity index (χ0v) is 72.4. The fraction of sp³-hybridized carbons (Fsp3) is 0.740. The van der Waals surface area contributed by atoms with Crippen LogP contribution in [0.2, 0.25) is 0 Å². The maximum atomic E-state index is 12.7. The summed E-state index contributed by atoms with van der Waals surface area (Å²) in [5, 5.41) is 10.1. The van der Waals surface area contributed by atoms with Crippen LogP contribution in [0, 0.1) is 124 Å². The summed E-state index contributed by atoms with van der Waals surface area (Å²) in [7, 11) is 0. The number of hydrogen-bond acceptors (Lipinski definition) is 13. The van der Waals surface area contributed by atoms with E-state index in [0.717, 1.165) is 160 Å². The molecule has 0 aromatic heterocycles. The lowest BCUT2D eigenvalue weighted by atomic mass is 9.42. The molecule has 2 saturated heterocycles. The highest BCUT2D eigenvalue weighted by Crippen LogP contribution is 2.73. The number of Topliss-reactive ketones (excluding diaryl/α,β-unsaturated/α-hetero) is 3. The quantitative estimate of drug-likeness (QED) is 0.126. The number of hydrogen-bond donors (Lipinski definition) is 5. The molecule has 15 aliphatic carbocycles. The summed E-state index contributed by atoms with van der Waals surface area (Å²) in [6.45, 7) is 49.4. The summed E-state index contributed by atoms with van der Waals surface area (Å²) in [5.74, 6) is -1.10. The van der Waals surface area contributed by atoms with Gasteiger partial charge in [0.25, 0.3) is 0 Å². The van der Waals surface area contributed by atoms with Crippen LogP contribution in [-0.2, 0) is 62.1 Å². The van der Waals surface area contributed by atoms with Crippen LogP contribution in [0.5, 0.6) is 0 Å². The number of amides is 4. The van der Waals surface area contributed by atoms with Gasteiger partial charge in [-0.05, 0) is 230 Å². The molecule has 8 saturated carbocycles. The number of carboxylic acid groups (broad SMARTS) is 1. The predicted molar refractivity (Wildman–Crippen MR) is 441 cm³/mol. The Balaban J connectivity index is 0.000000126. The lowest BCUT2D eigenvalue weighted by Crippen LogP contribution is -2.63.